The van der Waals surface area contributed by atoms with Gasteiger partial charge in [0.25, 0.3) is 0 Å². The van der Waals surface area contributed by atoms with E-state index in [2.05, 4.69) is 0 Å². The van der Waals surface area contributed by atoms with Crippen LogP contribution in [0.25, 0.3) is 0 Å². The zero-order valence-corrected chi connectivity index (χ0v) is 12.7. The van der Waals surface area contributed by atoms with Crippen LogP contribution in [0.15, 0.2) is 17.0 Å². The number of aliphatic carboxylic acids is 1. The molecule has 1 atom stereocenters. The lowest BCUT2D eigenvalue weighted by molar-refractivity contribution is -0.309. The summed E-state index contributed by atoms with van der Waals surface area (Å²) in [7, 11) is -3.80. The minimum atomic E-state index is -3.80. The molecule has 20 heavy (non-hydrogen) atoms. The number of carbonyl (C=O) groups is 1. The summed E-state index contributed by atoms with van der Waals surface area (Å²) in [5.41, 5.74) is 2.27. The molecule has 110 valence electrons. The van der Waals surface area contributed by atoms with Gasteiger partial charge in [0, 0.05) is 6.54 Å². The molecule has 1 heterocycles. The quantitative estimate of drug-likeness (QED) is 0.814. The van der Waals surface area contributed by atoms with E-state index in [4.69, 9.17) is 0 Å². The first kappa shape index (κ1) is 15.0. The summed E-state index contributed by atoms with van der Waals surface area (Å²) in [5, 5.41) is 11.1. The normalized spacial score (nSPS) is 20.2. The second-order valence-electron chi connectivity index (χ2n) is 5.32. The molecule has 0 saturated carbocycles. The van der Waals surface area contributed by atoms with E-state index in [-0.39, 0.29) is 11.4 Å². The second-order valence-corrected chi connectivity index (χ2v) is 7.15. The Kier molecular flexibility index (Phi) is 3.88. The number of hydrogen-bond acceptors (Lipinski definition) is 4. The Bertz CT molecular complexity index is 628. The van der Waals surface area contributed by atoms with Gasteiger partial charge in [-0.05, 0) is 44.7 Å². The van der Waals surface area contributed by atoms with Crippen LogP contribution in [0, 0.1) is 20.8 Å². The Hall–Kier alpha value is -1.40. The van der Waals surface area contributed by atoms with Gasteiger partial charge < -0.3 is 9.90 Å². The standard InChI is InChI=1S/C14H19NO4S/c1-9-7-10(2)13(11(3)8-9)20(18,19)15-6-4-5-12(15)14(16)17/h7-8,12H,4-6H2,1-3H3,(H,16,17)/p-1/t12-/m0/s1. The molecule has 0 amide bonds. The summed E-state index contributed by atoms with van der Waals surface area (Å²) < 4.78 is 26.5. The zero-order valence-electron chi connectivity index (χ0n) is 11.8. The van der Waals surface area contributed by atoms with Crippen molar-refractivity contribution in [2.24, 2.45) is 0 Å². The first-order valence-corrected chi connectivity index (χ1v) is 7.99. The Morgan fingerprint density at radius 2 is 1.80 bits per heavy atom. The molecule has 2 rings (SSSR count). The van der Waals surface area contributed by atoms with E-state index in [1.165, 1.54) is 0 Å². The number of benzene rings is 1. The van der Waals surface area contributed by atoms with Gasteiger partial charge in [-0.25, -0.2) is 8.42 Å². The topological polar surface area (TPSA) is 77.5 Å². The van der Waals surface area contributed by atoms with E-state index in [1.54, 1.807) is 26.0 Å². The number of sulfonamides is 1. The highest BCUT2D eigenvalue weighted by atomic mass is 32.2. The van der Waals surface area contributed by atoms with Crippen molar-refractivity contribution in [3.05, 3.63) is 28.8 Å². The Balaban J connectivity index is 2.54. The van der Waals surface area contributed by atoms with Gasteiger partial charge in [0.2, 0.25) is 10.0 Å². The SMILES string of the molecule is Cc1cc(C)c(S(=O)(=O)N2CCC[C@H]2C(=O)[O-])c(C)c1. The lowest BCUT2D eigenvalue weighted by atomic mass is 10.1. The average Bonchev–Trinajstić information content (AvgIpc) is 2.75. The molecule has 1 aromatic carbocycles. The molecule has 1 saturated heterocycles. The van der Waals surface area contributed by atoms with Crippen molar-refractivity contribution >= 4 is 16.0 Å². The molecule has 5 nitrogen and oxygen atoms in total. The highest BCUT2D eigenvalue weighted by molar-refractivity contribution is 7.89. The molecule has 6 heteroatoms. The summed E-state index contributed by atoms with van der Waals surface area (Å²) in [6.45, 7) is 5.60. The maximum absolute atomic E-state index is 12.7. The Morgan fingerprint density at radius 1 is 1.25 bits per heavy atom. The number of aryl methyl sites for hydroxylation is 3. The van der Waals surface area contributed by atoms with Crippen molar-refractivity contribution in [2.45, 2.75) is 44.6 Å². The van der Waals surface area contributed by atoms with Crippen molar-refractivity contribution < 1.29 is 18.3 Å². The minimum Gasteiger partial charge on any atom is -0.548 e. The molecule has 1 fully saturated rings. The average molecular weight is 296 g/mol. The molecule has 1 aromatic rings. The van der Waals surface area contributed by atoms with E-state index in [9.17, 15) is 18.3 Å². The molecular weight excluding hydrogens is 278 g/mol. The molecule has 0 spiro atoms. The maximum Gasteiger partial charge on any atom is 0.244 e. The predicted molar refractivity (Wildman–Crippen MR) is 72.6 cm³/mol. The fourth-order valence-electron chi connectivity index (χ4n) is 2.95. The van der Waals surface area contributed by atoms with Crippen LogP contribution < -0.4 is 5.11 Å². The first-order valence-electron chi connectivity index (χ1n) is 6.55. The molecular formula is C14H18NO4S-. The third-order valence-corrected chi connectivity index (χ3v) is 5.86. The van der Waals surface area contributed by atoms with Crippen molar-refractivity contribution in [1.29, 1.82) is 0 Å². The van der Waals surface area contributed by atoms with Crippen molar-refractivity contribution in [3.63, 3.8) is 0 Å². The number of carbonyl (C=O) groups excluding carboxylic acids is 1. The van der Waals surface area contributed by atoms with E-state index in [1.807, 2.05) is 6.92 Å². The third-order valence-electron chi connectivity index (χ3n) is 3.65. The van der Waals surface area contributed by atoms with Crippen molar-refractivity contribution in [2.75, 3.05) is 6.54 Å². The summed E-state index contributed by atoms with van der Waals surface area (Å²) in [6, 6.07) is 2.54. The van der Waals surface area contributed by atoms with Gasteiger partial charge in [-0.3, -0.25) is 0 Å². The highest BCUT2D eigenvalue weighted by Crippen LogP contribution is 2.30. The van der Waals surface area contributed by atoms with Crippen LogP contribution in [-0.2, 0) is 14.8 Å². The van der Waals surface area contributed by atoms with E-state index >= 15 is 0 Å². The summed E-state index contributed by atoms with van der Waals surface area (Å²) in [5.74, 6) is -1.33. The highest BCUT2D eigenvalue weighted by Gasteiger charge is 2.37. The largest absolute Gasteiger partial charge is 0.548 e. The predicted octanol–water partition coefficient (Wildman–Crippen LogP) is 0.515. The molecule has 1 aliphatic heterocycles. The van der Waals surface area contributed by atoms with Crippen LogP contribution >= 0.6 is 0 Å². The van der Waals surface area contributed by atoms with Crippen LogP contribution in [0.4, 0.5) is 0 Å². The Labute approximate surface area is 119 Å². The second kappa shape index (κ2) is 5.18. The van der Waals surface area contributed by atoms with Crippen molar-refractivity contribution in [3.8, 4) is 0 Å². The number of carboxylic acids is 1. The molecule has 1 aliphatic rings. The fourth-order valence-corrected chi connectivity index (χ4v) is 5.02. The number of rotatable bonds is 3. The molecule has 0 radical (unpaired) electrons. The Morgan fingerprint density at radius 3 is 2.30 bits per heavy atom. The van der Waals surface area contributed by atoms with Gasteiger partial charge in [-0.15, -0.1) is 0 Å². The minimum absolute atomic E-state index is 0.219. The molecule has 0 aliphatic carbocycles. The van der Waals surface area contributed by atoms with E-state index < -0.39 is 22.0 Å². The molecule has 0 bridgehead atoms. The van der Waals surface area contributed by atoms with Gasteiger partial charge in [-0.2, -0.15) is 4.31 Å². The number of carboxylic acid groups (broad SMARTS) is 1. The summed E-state index contributed by atoms with van der Waals surface area (Å²) in [6.07, 6.45) is 0.855. The summed E-state index contributed by atoms with van der Waals surface area (Å²) in [4.78, 5) is 11.3. The third kappa shape index (κ3) is 2.45. The monoisotopic (exact) mass is 296 g/mol. The molecule has 0 N–H and O–H groups in total. The lowest BCUT2D eigenvalue weighted by Gasteiger charge is -2.26. The maximum atomic E-state index is 12.7. The number of hydrogen-bond donors (Lipinski definition) is 0. The van der Waals surface area contributed by atoms with Gasteiger partial charge in [0.1, 0.15) is 0 Å². The lowest BCUT2D eigenvalue weighted by Crippen LogP contribution is -2.47. The van der Waals surface area contributed by atoms with Crippen LogP contribution in [0.5, 0.6) is 0 Å². The number of nitrogens with zero attached hydrogens (tertiary/aromatic N) is 1. The zero-order chi connectivity index (χ0) is 15.1. The van der Waals surface area contributed by atoms with E-state index in [0.717, 1.165) is 9.87 Å². The van der Waals surface area contributed by atoms with Crippen LogP contribution in [0.3, 0.4) is 0 Å². The van der Waals surface area contributed by atoms with Crippen LogP contribution in [-0.4, -0.2) is 31.3 Å². The molecule has 0 unspecified atom stereocenters. The first-order chi connectivity index (χ1) is 9.25. The van der Waals surface area contributed by atoms with Gasteiger partial charge >= 0.3 is 0 Å². The van der Waals surface area contributed by atoms with Gasteiger partial charge in [0.15, 0.2) is 0 Å². The van der Waals surface area contributed by atoms with E-state index in [0.29, 0.717) is 24.0 Å². The van der Waals surface area contributed by atoms with Gasteiger partial charge in [-0.1, -0.05) is 17.7 Å². The van der Waals surface area contributed by atoms with Crippen molar-refractivity contribution in [1.82, 2.24) is 4.31 Å². The summed E-state index contributed by atoms with van der Waals surface area (Å²) >= 11 is 0. The van der Waals surface area contributed by atoms with Gasteiger partial charge in [0.05, 0.1) is 16.9 Å². The van der Waals surface area contributed by atoms with Crippen LogP contribution in [0.1, 0.15) is 29.5 Å². The fraction of sp³-hybridized carbons (Fsp3) is 0.500. The van der Waals surface area contributed by atoms with Crippen LogP contribution in [0.2, 0.25) is 0 Å². The smallest absolute Gasteiger partial charge is 0.244 e. The molecule has 0 aromatic heterocycles.